The van der Waals surface area contributed by atoms with Crippen LogP contribution >= 0.6 is 0 Å². The number of aldehydes is 1. The fourth-order valence-corrected chi connectivity index (χ4v) is 1.44. The molecule has 1 aromatic carbocycles. The van der Waals surface area contributed by atoms with Gasteiger partial charge in [0.05, 0.1) is 14.2 Å². The van der Waals surface area contributed by atoms with Gasteiger partial charge in [0, 0.05) is 6.54 Å². The second kappa shape index (κ2) is 6.52. The number of methoxy groups -OCH3 is 2. The first-order chi connectivity index (χ1) is 8.21. The lowest BCUT2D eigenvalue weighted by molar-refractivity contribution is -0.131. The number of carbonyl (C=O) groups excluding carboxylic acids is 2. The molecule has 0 fully saturated rings. The van der Waals surface area contributed by atoms with E-state index >= 15 is 0 Å². The van der Waals surface area contributed by atoms with E-state index in [4.69, 9.17) is 9.47 Å². The number of ether oxygens (including phenoxy) is 2. The van der Waals surface area contributed by atoms with Gasteiger partial charge in [-0.3, -0.25) is 9.59 Å². The van der Waals surface area contributed by atoms with Gasteiger partial charge in [0.1, 0.15) is 11.5 Å². The van der Waals surface area contributed by atoms with Crippen molar-refractivity contribution in [1.82, 2.24) is 5.32 Å². The number of hydrogen-bond acceptors (Lipinski definition) is 4. The fourth-order valence-electron chi connectivity index (χ4n) is 1.44. The normalized spacial score (nSPS) is 9.53. The van der Waals surface area contributed by atoms with Crippen LogP contribution in [0.5, 0.6) is 11.5 Å². The van der Waals surface area contributed by atoms with Crippen molar-refractivity contribution in [3.63, 3.8) is 0 Å². The molecule has 1 aromatic rings. The Balaban J connectivity index is 2.67. The van der Waals surface area contributed by atoms with Crippen molar-refractivity contribution in [2.45, 2.75) is 6.42 Å². The van der Waals surface area contributed by atoms with Crippen LogP contribution in [0.3, 0.4) is 0 Å². The van der Waals surface area contributed by atoms with Crippen LogP contribution in [0.4, 0.5) is 0 Å². The van der Waals surface area contributed by atoms with Crippen LogP contribution in [0.2, 0.25) is 0 Å². The maximum absolute atomic E-state index is 10.7. The molecule has 92 valence electrons. The summed E-state index contributed by atoms with van der Waals surface area (Å²) in [6, 6.07) is 5.44. The molecule has 0 aromatic heterocycles. The molecule has 0 bridgehead atoms. The Hall–Kier alpha value is -2.04. The zero-order valence-corrected chi connectivity index (χ0v) is 9.86. The van der Waals surface area contributed by atoms with Crippen LogP contribution in [0.25, 0.3) is 0 Å². The number of hydrogen-bond donors (Lipinski definition) is 1. The highest BCUT2D eigenvalue weighted by atomic mass is 16.5. The lowest BCUT2D eigenvalue weighted by Gasteiger charge is -2.10. The van der Waals surface area contributed by atoms with E-state index in [1.165, 1.54) is 0 Å². The van der Waals surface area contributed by atoms with E-state index in [1.54, 1.807) is 26.4 Å². The molecule has 0 saturated carbocycles. The van der Waals surface area contributed by atoms with Gasteiger partial charge in [0.25, 0.3) is 5.91 Å². The summed E-state index contributed by atoms with van der Waals surface area (Å²) in [6.45, 7) is 0.376. The van der Waals surface area contributed by atoms with Gasteiger partial charge in [0.2, 0.25) is 6.29 Å². The first-order valence-corrected chi connectivity index (χ1v) is 5.15. The van der Waals surface area contributed by atoms with Gasteiger partial charge >= 0.3 is 0 Å². The molecule has 0 spiro atoms. The third-order valence-corrected chi connectivity index (χ3v) is 2.29. The molecule has 0 heterocycles. The summed E-state index contributed by atoms with van der Waals surface area (Å²) in [6.07, 6.45) is 0.822. The number of carbonyl (C=O) groups is 2. The molecular formula is C12H15NO4. The summed E-state index contributed by atoms with van der Waals surface area (Å²) < 4.78 is 10.3. The molecule has 0 aliphatic heterocycles. The highest BCUT2D eigenvalue weighted by molar-refractivity contribution is 6.23. The maximum Gasteiger partial charge on any atom is 0.284 e. The Morgan fingerprint density at radius 1 is 1.35 bits per heavy atom. The quantitative estimate of drug-likeness (QED) is 0.580. The van der Waals surface area contributed by atoms with Gasteiger partial charge in [-0.2, -0.15) is 0 Å². The minimum Gasteiger partial charge on any atom is -0.497 e. The fraction of sp³-hybridized carbons (Fsp3) is 0.333. The van der Waals surface area contributed by atoms with E-state index in [0.717, 1.165) is 17.1 Å². The summed E-state index contributed by atoms with van der Waals surface area (Å²) in [5.74, 6) is 0.834. The summed E-state index contributed by atoms with van der Waals surface area (Å²) in [5, 5.41) is 2.47. The van der Waals surface area contributed by atoms with E-state index in [2.05, 4.69) is 5.32 Å². The van der Waals surface area contributed by atoms with Crippen LogP contribution in [0, 0.1) is 0 Å². The van der Waals surface area contributed by atoms with Crippen molar-refractivity contribution >= 4 is 12.2 Å². The molecule has 17 heavy (non-hydrogen) atoms. The Morgan fingerprint density at radius 2 is 2.12 bits per heavy atom. The number of nitrogens with one attached hydrogen (secondary N) is 1. The van der Waals surface area contributed by atoms with Gasteiger partial charge in [-0.25, -0.2) is 0 Å². The molecule has 0 aliphatic rings. The van der Waals surface area contributed by atoms with Crippen molar-refractivity contribution < 1.29 is 19.1 Å². The Labute approximate surface area is 99.7 Å². The van der Waals surface area contributed by atoms with E-state index < -0.39 is 5.91 Å². The third-order valence-electron chi connectivity index (χ3n) is 2.29. The first kappa shape index (κ1) is 13.0. The summed E-state index contributed by atoms with van der Waals surface area (Å²) in [4.78, 5) is 20.9. The van der Waals surface area contributed by atoms with Gasteiger partial charge in [-0.15, -0.1) is 0 Å². The smallest absolute Gasteiger partial charge is 0.284 e. The van der Waals surface area contributed by atoms with Crippen molar-refractivity contribution in [3.8, 4) is 11.5 Å². The average Bonchev–Trinajstić information content (AvgIpc) is 2.38. The molecule has 0 radical (unpaired) electrons. The minimum absolute atomic E-state index is 0.253. The number of rotatable bonds is 6. The molecule has 1 N–H and O–H groups in total. The topological polar surface area (TPSA) is 64.6 Å². The predicted molar refractivity (Wildman–Crippen MR) is 62.3 cm³/mol. The Kier molecular flexibility index (Phi) is 5.00. The molecule has 0 unspecified atom stereocenters. The van der Waals surface area contributed by atoms with E-state index in [0.29, 0.717) is 13.0 Å². The van der Waals surface area contributed by atoms with Crippen molar-refractivity contribution in [1.29, 1.82) is 0 Å². The lowest BCUT2D eigenvalue weighted by atomic mass is 10.1. The molecule has 0 aliphatic carbocycles. The summed E-state index contributed by atoms with van der Waals surface area (Å²) in [5.41, 5.74) is 0.915. The molecule has 5 heteroatoms. The van der Waals surface area contributed by atoms with Gasteiger partial charge in [-0.05, 0) is 30.2 Å². The molecule has 0 saturated heterocycles. The number of amides is 1. The van der Waals surface area contributed by atoms with Crippen molar-refractivity contribution in [2.75, 3.05) is 20.8 Å². The van der Waals surface area contributed by atoms with E-state index in [-0.39, 0.29) is 6.29 Å². The predicted octanol–water partition coefficient (Wildman–Crippen LogP) is 0.561. The van der Waals surface area contributed by atoms with Crippen LogP contribution in [-0.4, -0.2) is 33.0 Å². The molecule has 1 amide bonds. The highest BCUT2D eigenvalue weighted by Gasteiger charge is 2.05. The minimum atomic E-state index is -0.619. The van der Waals surface area contributed by atoms with Gasteiger partial charge in [-0.1, -0.05) is 0 Å². The first-order valence-electron chi connectivity index (χ1n) is 5.15. The summed E-state index contributed by atoms with van der Waals surface area (Å²) in [7, 11) is 3.16. The zero-order valence-electron chi connectivity index (χ0n) is 9.86. The van der Waals surface area contributed by atoms with Crippen molar-refractivity contribution in [2.24, 2.45) is 0 Å². The molecule has 0 atom stereocenters. The Bertz CT molecular complexity index is 403. The second-order valence-electron chi connectivity index (χ2n) is 3.34. The van der Waals surface area contributed by atoms with Crippen LogP contribution in [0.15, 0.2) is 18.2 Å². The van der Waals surface area contributed by atoms with Gasteiger partial charge in [0.15, 0.2) is 0 Å². The lowest BCUT2D eigenvalue weighted by Crippen LogP contribution is -2.26. The van der Waals surface area contributed by atoms with Gasteiger partial charge < -0.3 is 14.8 Å². The molecule has 1 rings (SSSR count). The standard InChI is InChI=1S/C12H15NO4/c1-16-10-3-4-11(17-2)9(7-10)5-6-13-12(15)8-14/h3-4,7-8H,5-6H2,1-2H3,(H,13,15). The summed E-state index contributed by atoms with van der Waals surface area (Å²) >= 11 is 0. The second-order valence-corrected chi connectivity index (χ2v) is 3.34. The molecular weight excluding hydrogens is 222 g/mol. The monoisotopic (exact) mass is 237 g/mol. The van der Waals surface area contributed by atoms with Crippen molar-refractivity contribution in [3.05, 3.63) is 23.8 Å². The average molecular weight is 237 g/mol. The Morgan fingerprint density at radius 3 is 2.71 bits per heavy atom. The third kappa shape index (κ3) is 3.79. The molecule has 5 nitrogen and oxygen atoms in total. The largest absolute Gasteiger partial charge is 0.497 e. The van der Waals surface area contributed by atoms with Crippen LogP contribution in [0.1, 0.15) is 5.56 Å². The maximum atomic E-state index is 10.7. The van der Waals surface area contributed by atoms with E-state index in [9.17, 15) is 9.59 Å². The zero-order chi connectivity index (χ0) is 12.7. The van der Waals surface area contributed by atoms with Crippen LogP contribution in [-0.2, 0) is 16.0 Å². The van der Waals surface area contributed by atoms with E-state index in [1.807, 2.05) is 6.07 Å². The SMILES string of the molecule is COc1ccc(OC)c(CCNC(=O)C=O)c1. The number of benzene rings is 1. The van der Waals surface area contributed by atoms with Crippen LogP contribution < -0.4 is 14.8 Å². The highest BCUT2D eigenvalue weighted by Crippen LogP contribution is 2.23.